The van der Waals surface area contributed by atoms with Crippen LogP contribution < -0.4 is 5.32 Å². The van der Waals surface area contributed by atoms with Crippen molar-refractivity contribution < 1.29 is 27.5 Å². The number of halogens is 1. The molecule has 4 rings (SSSR count). The van der Waals surface area contributed by atoms with Gasteiger partial charge in [-0.05, 0) is 74.9 Å². The summed E-state index contributed by atoms with van der Waals surface area (Å²) in [6.07, 6.45) is 2.84. The van der Waals surface area contributed by atoms with E-state index in [4.69, 9.17) is 0 Å². The second-order valence-corrected chi connectivity index (χ2v) is 10.4. The van der Waals surface area contributed by atoms with Crippen LogP contribution in [0, 0.1) is 11.2 Å². The van der Waals surface area contributed by atoms with Gasteiger partial charge < -0.3 is 15.3 Å². The summed E-state index contributed by atoms with van der Waals surface area (Å²) in [5.41, 5.74) is -0.233. The second kappa shape index (κ2) is 7.90. The molecule has 1 spiro atoms. The molecule has 164 valence electrons. The van der Waals surface area contributed by atoms with Crippen molar-refractivity contribution >= 4 is 21.9 Å². The summed E-state index contributed by atoms with van der Waals surface area (Å²) in [6.45, 7) is 2.08. The molecule has 3 fully saturated rings. The molecule has 3 aliphatic heterocycles. The number of carboxylic acids is 1. The van der Waals surface area contributed by atoms with E-state index in [1.54, 1.807) is 0 Å². The molecule has 2 unspecified atom stereocenters. The summed E-state index contributed by atoms with van der Waals surface area (Å²) in [6, 6.07) is 2.64. The molecule has 10 heteroatoms. The van der Waals surface area contributed by atoms with E-state index in [1.807, 2.05) is 0 Å². The Balaban J connectivity index is 1.59. The Morgan fingerprint density at radius 3 is 2.43 bits per heavy atom. The van der Waals surface area contributed by atoms with Crippen LogP contribution in [0.2, 0.25) is 0 Å². The van der Waals surface area contributed by atoms with Crippen molar-refractivity contribution in [3.05, 3.63) is 30.1 Å². The molecule has 0 saturated carbocycles. The molecular formula is C20H26FN3O5S. The number of nitrogens with one attached hydrogen (secondary N) is 1. The lowest BCUT2D eigenvalue weighted by Gasteiger charge is -2.34. The molecule has 1 amide bonds. The number of sulfonamides is 1. The quantitative estimate of drug-likeness (QED) is 0.726. The third kappa shape index (κ3) is 3.72. The lowest BCUT2D eigenvalue weighted by Crippen LogP contribution is -2.51. The van der Waals surface area contributed by atoms with Gasteiger partial charge in [0.05, 0.1) is 4.90 Å². The van der Waals surface area contributed by atoms with E-state index in [0.29, 0.717) is 25.8 Å². The summed E-state index contributed by atoms with van der Waals surface area (Å²) in [5, 5.41) is 13.0. The van der Waals surface area contributed by atoms with Crippen molar-refractivity contribution in [2.75, 3.05) is 26.2 Å². The van der Waals surface area contributed by atoms with Crippen molar-refractivity contribution in [2.45, 2.75) is 49.1 Å². The molecule has 0 aromatic heterocycles. The highest BCUT2D eigenvalue weighted by Crippen LogP contribution is 2.43. The van der Waals surface area contributed by atoms with Crippen LogP contribution in [0.4, 0.5) is 4.39 Å². The van der Waals surface area contributed by atoms with Crippen LogP contribution in [0.3, 0.4) is 0 Å². The van der Waals surface area contributed by atoms with Crippen molar-refractivity contribution in [3.63, 3.8) is 0 Å². The molecule has 3 heterocycles. The Labute approximate surface area is 175 Å². The Hall–Kier alpha value is -2.04. The maximum absolute atomic E-state index is 13.4. The zero-order valence-corrected chi connectivity index (χ0v) is 17.4. The topological polar surface area (TPSA) is 107 Å². The van der Waals surface area contributed by atoms with Crippen LogP contribution in [0.5, 0.6) is 0 Å². The number of carbonyl (C=O) groups excluding carboxylic acids is 1. The van der Waals surface area contributed by atoms with Gasteiger partial charge >= 0.3 is 5.97 Å². The number of carboxylic acid groups (broad SMARTS) is 1. The zero-order valence-electron chi connectivity index (χ0n) is 16.6. The average molecular weight is 440 g/mol. The molecule has 2 atom stereocenters. The lowest BCUT2D eigenvalue weighted by atomic mass is 9.77. The molecular weight excluding hydrogens is 413 g/mol. The maximum Gasteiger partial charge on any atom is 0.326 e. The zero-order chi connectivity index (χ0) is 21.5. The number of rotatable bonds is 4. The fourth-order valence-corrected chi connectivity index (χ4v) is 6.69. The first-order valence-corrected chi connectivity index (χ1v) is 11.7. The van der Waals surface area contributed by atoms with Crippen LogP contribution in [-0.2, 0) is 19.6 Å². The number of nitrogens with zero attached hydrogens (tertiary/aromatic N) is 2. The van der Waals surface area contributed by atoms with E-state index >= 15 is 0 Å². The second-order valence-electron chi connectivity index (χ2n) is 8.50. The highest BCUT2D eigenvalue weighted by molar-refractivity contribution is 7.89. The summed E-state index contributed by atoms with van der Waals surface area (Å²) in [4.78, 5) is 26.6. The first kappa shape index (κ1) is 21.2. The Kier molecular flexibility index (Phi) is 5.58. The van der Waals surface area contributed by atoms with Gasteiger partial charge in [0.25, 0.3) is 0 Å². The third-order valence-electron chi connectivity index (χ3n) is 6.65. The van der Waals surface area contributed by atoms with E-state index in [2.05, 4.69) is 5.32 Å². The Morgan fingerprint density at radius 1 is 1.13 bits per heavy atom. The van der Waals surface area contributed by atoms with E-state index in [1.165, 1.54) is 17.0 Å². The average Bonchev–Trinajstić information content (AvgIpc) is 3.35. The van der Waals surface area contributed by atoms with Gasteiger partial charge in [-0.1, -0.05) is 0 Å². The van der Waals surface area contributed by atoms with Gasteiger partial charge in [-0.15, -0.1) is 0 Å². The monoisotopic (exact) mass is 439 g/mol. The predicted molar refractivity (Wildman–Crippen MR) is 106 cm³/mol. The number of hydrogen-bond acceptors (Lipinski definition) is 5. The minimum absolute atomic E-state index is 0.0744. The summed E-state index contributed by atoms with van der Waals surface area (Å²) in [7, 11) is -3.99. The molecule has 3 saturated heterocycles. The van der Waals surface area contributed by atoms with Gasteiger partial charge in [-0.3, -0.25) is 4.79 Å². The van der Waals surface area contributed by atoms with Gasteiger partial charge in [0.1, 0.15) is 17.9 Å². The normalized spacial score (nSPS) is 26.9. The Morgan fingerprint density at radius 2 is 1.80 bits per heavy atom. The van der Waals surface area contributed by atoms with Gasteiger partial charge in [0.15, 0.2) is 0 Å². The van der Waals surface area contributed by atoms with E-state index in [9.17, 15) is 27.5 Å². The number of amides is 1. The third-order valence-corrected chi connectivity index (χ3v) is 8.57. The van der Waals surface area contributed by atoms with Crippen LogP contribution >= 0.6 is 0 Å². The SMILES string of the molecule is O=C(O)C1CC2(CCNCC2)CN1C(=O)C1CCCN1S(=O)(=O)c1ccc(F)cc1. The molecule has 3 aliphatic rings. The first-order valence-electron chi connectivity index (χ1n) is 10.2. The standard InChI is InChI=1S/C20H26FN3O5S/c21-14-3-5-15(6-4-14)30(28,29)24-11-1-2-16(24)18(25)23-13-20(7-9-22-10-8-20)12-17(23)19(26)27/h3-6,16-17,22H,1-2,7-13H2,(H,26,27). The van der Waals surface area contributed by atoms with E-state index in [0.717, 1.165) is 42.4 Å². The van der Waals surface area contributed by atoms with Crippen LogP contribution in [0.15, 0.2) is 29.2 Å². The largest absolute Gasteiger partial charge is 0.480 e. The fraction of sp³-hybridized carbons (Fsp3) is 0.600. The fourth-order valence-electron chi connectivity index (χ4n) is 5.04. The van der Waals surface area contributed by atoms with Crippen LogP contribution in [-0.4, -0.2) is 72.9 Å². The van der Waals surface area contributed by atoms with Gasteiger partial charge in [-0.25, -0.2) is 17.6 Å². The summed E-state index contributed by atoms with van der Waals surface area (Å²) >= 11 is 0. The van der Waals surface area contributed by atoms with Crippen molar-refractivity contribution in [1.29, 1.82) is 0 Å². The predicted octanol–water partition coefficient (Wildman–Crippen LogP) is 1.03. The molecule has 0 aliphatic carbocycles. The molecule has 30 heavy (non-hydrogen) atoms. The van der Waals surface area contributed by atoms with Crippen LogP contribution in [0.25, 0.3) is 0 Å². The van der Waals surface area contributed by atoms with Crippen LogP contribution in [0.1, 0.15) is 32.1 Å². The minimum atomic E-state index is -3.99. The number of benzene rings is 1. The number of carbonyl (C=O) groups is 2. The number of aliphatic carboxylic acids is 1. The molecule has 0 radical (unpaired) electrons. The maximum atomic E-state index is 13.4. The van der Waals surface area contributed by atoms with Gasteiger partial charge in [0.2, 0.25) is 15.9 Å². The first-order chi connectivity index (χ1) is 14.2. The molecule has 1 aromatic carbocycles. The van der Waals surface area contributed by atoms with Gasteiger partial charge in [0, 0.05) is 13.1 Å². The molecule has 8 nitrogen and oxygen atoms in total. The molecule has 2 N–H and O–H groups in total. The van der Waals surface area contributed by atoms with E-state index in [-0.39, 0.29) is 16.9 Å². The minimum Gasteiger partial charge on any atom is -0.480 e. The summed E-state index contributed by atoms with van der Waals surface area (Å²) < 4.78 is 40.6. The van der Waals surface area contributed by atoms with Gasteiger partial charge in [-0.2, -0.15) is 4.31 Å². The summed E-state index contributed by atoms with van der Waals surface area (Å²) in [5.74, 6) is -2.04. The number of piperidine rings is 1. The number of likely N-dealkylation sites (tertiary alicyclic amines) is 1. The van der Waals surface area contributed by atoms with Crippen molar-refractivity contribution in [3.8, 4) is 0 Å². The molecule has 0 bridgehead atoms. The lowest BCUT2D eigenvalue weighted by molar-refractivity contribution is -0.149. The number of hydrogen-bond donors (Lipinski definition) is 2. The highest BCUT2D eigenvalue weighted by atomic mass is 32.2. The highest BCUT2D eigenvalue weighted by Gasteiger charge is 2.52. The molecule has 1 aromatic rings. The van der Waals surface area contributed by atoms with E-state index < -0.39 is 39.8 Å². The van der Waals surface area contributed by atoms with Crippen molar-refractivity contribution in [1.82, 2.24) is 14.5 Å². The Bertz CT molecular complexity index is 930. The van der Waals surface area contributed by atoms with Crippen molar-refractivity contribution in [2.24, 2.45) is 5.41 Å². The smallest absolute Gasteiger partial charge is 0.326 e.